The summed E-state index contributed by atoms with van der Waals surface area (Å²) in [5, 5.41) is 10.6. The van der Waals surface area contributed by atoms with Gasteiger partial charge in [0.15, 0.2) is 11.5 Å². The molecule has 0 bridgehead atoms. The van der Waals surface area contributed by atoms with Gasteiger partial charge in [-0.25, -0.2) is 5.10 Å². The van der Waals surface area contributed by atoms with Gasteiger partial charge < -0.3 is 14.8 Å². The van der Waals surface area contributed by atoms with Gasteiger partial charge in [0.2, 0.25) is 12.7 Å². The van der Waals surface area contributed by atoms with Crippen molar-refractivity contribution in [1.82, 2.24) is 15.2 Å². The number of hydrogen-bond acceptors (Lipinski definition) is 6. The van der Waals surface area contributed by atoms with Crippen molar-refractivity contribution < 1.29 is 19.1 Å². The Kier molecular flexibility index (Phi) is 2.92. The number of rotatable bonds is 2. The van der Waals surface area contributed by atoms with Gasteiger partial charge in [-0.2, -0.15) is 10.1 Å². The molecular formula is C11H9N5O4. The number of carbonyl (C=O) groups is 2. The second-order valence-corrected chi connectivity index (χ2v) is 3.81. The van der Waals surface area contributed by atoms with Crippen molar-refractivity contribution in [2.75, 3.05) is 17.4 Å². The second-order valence-electron chi connectivity index (χ2n) is 3.81. The van der Waals surface area contributed by atoms with Crippen LogP contribution in [0, 0.1) is 0 Å². The molecule has 1 aliphatic heterocycles. The van der Waals surface area contributed by atoms with E-state index in [2.05, 4.69) is 25.8 Å². The van der Waals surface area contributed by atoms with Gasteiger partial charge >= 0.3 is 11.8 Å². The highest BCUT2D eigenvalue weighted by Gasteiger charge is 2.18. The first-order chi connectivity index (χ1) is 9.72. The lowest BCUT2D eigenvalue weighted by molar-refractivity contribution is -0.133. The van der Waals surface area contributed by atoms with Crippen molar-refractivity contribution in [1.29, 1.82) is 0 Å². The molecule has 0 saturated carbocycles. The van der Waals surface area contributed by atoms with Crippen LogP contribution < -0.4 is 20.1 Å². The summed E-state index contributed by atoms with van der Waals surface area (Å²) in [6.07, 6.45) is 1.21. The fourth-order valence-corrected chi connectivity index (χ4v) is 1.59. The van der Waals surface area contributed by atoms with Crippen molar-refractivity contribution in [3.8, 4) is 11.5 Å². The smallest absolute Gasteiger partial charge is 0.316 e. The van der Waals surface area contributed by atoms with Crippen LogP contribution >= 0.6 is 0 Å². The molecular weight excluding hydrogens is 266 g/mol. The molecule has 9 nitrogen and oxygen atoms in total. The summed E-state index contributed by atoms with van der Waals surface area (Å²) in [4.78, 5) is 26.9. The average Bonchev–Trinajstić information content (AvgIpc) is 3.08. The van der Waals surface area contributed by atoms with Crippen LogP contribution in [0.4, 0.5) is 11.6 Å². The molecule has 0 fully saturated rings. The molecule has 2 amide bonds. The summed E-state index contributed by atoms with van der Waals surface area (Å²) < 4.78 is 10.3. The molecule has 20 heavy (non-hydrogen) atoms. The van der Waals surface area contributed by atoms with Crippen molar-refractivity contribution in [2.24, 2.45) is 0 Å². The van der Waals surface area contributed by atoms with Gasteiger partial charge in [0.1, 0.15) is 6.33 Å². The van der Waals surface area contributed by atoms with E-state index in [1.54, 1.807) is 18.2 Å². The predicted molar refractivity (Wildman–Crippen MR) is 66.2 cm³/mol. The highest BCUT2D eigenvalue weighted by atomic mass is 16.7. The largest absolute Gasteiger partial charge is 0.454 e. The third kappa shape index (κ3) is 2.36. The highest BCUT2D eigenvalue weighted by molar-refractivity contribution is 6.43. The van der Waals surface area contributed by atoms with E-state index in [0.29, 0.717) is 17.2 Å². The number of aromatic nitrogens is 3. The van der Waals surface area contributed by atoms with Crippen molar-refractivity contribution in [3.05, 3.63) is 24.5 Å². The fourth-order valence-electron chi connectivity index (χ4n) is 1.59. The lowest BCUT2D eigenvalue weighted by Crippen LogP contribution is -2.29. The predicted octanol–water partition coefficient (Wildman–Crippen LogP) is 0.111. The number of carbonyl (C=O) groups excluding carboxylic acids is 2. The number of hydrogen-bond donors (Lipinski definition) is 3. The summed E-state index contributed by atoms with van der Waals surface area (Å²) in [5.74, 6) is -0.497. The van der Waals surface area contributed by atoms with Gasteiger partial charge in [-0.3, -0.25) is 14.9 Å². The lowest BCUT2D eigenvalue weighted by atomic mass is 10.2. The molecule has 1 aliphatic rings. The zero-order valence-corrected chi connectivity index (χ0v) is 10.0. The summed E-state index contributed by atoms with van der Waals surface area (Å²) in [6.45, 7) is 0.138. The van der Waals surface area contributed by atoms with Crippen LogP contribution in [0.15, 0.2) is 24.5 Å². The molecule has 9 heteroatoms. The van der Waals surface area contributed by atoms with Crippen LogP contribution in [-0.2, 0) is 9.59 Å². The number of nitrogens with one attached hydrogen (secondary N) is 3. The maximum absolute atomic E-state index is 11.7. The maximum atomic E-state index is 11.7. The number of H-pyrrole nitrogens is 1. The van der Waals surface area contributed by atoms with E-state index in [1.807, 2.05) is 0 Å². The molecule has 0 aliphatic carbocycles. The van der Waals surface area contributed by atoms with E-state index >= 15 is 0 Å². The van der Waals surface area contributed by atoms with Crippen molar-refractivity contribution >= 4 is 23.5 Å². The first-order valence-corrected chi connectivity index (χ1v) is 5.60. The fraction of sp³-hybridized carbons (Fsp3) is 0.0909. The molecule has 1 aromatic heterocycles. The molecule has 0 spiro atoms. The van der Waals surface area contributed by atoms with E-state index in [4.69, 9.17) is 9.47 Å². The van der Waals surface area contributed by atoms with Crippen molar-refractivity contribution in [2.45, 2.75) is 0 Å². The molecule has 3 rings (SSSR count). The van der Waals surface area contributed by atoms with E-state index < -0.39 is 11.8 Å². The van der Waals surface area contributed by atoms with Crippen LogP contribution in [0.25, 0.3) is 0 Å². The minimum Gasteiger partial charge on any atom is -0.454 e. The highest BCUT2D eigenvalue weighted by Crippen LogP contribution is 2.34. The number of ether oxygens (including phenoxy) is 2. The third-order valence-corrected chi connectivity index (χ3v) is 2.48. The van der Waals surface area contributed by atoms with Gasteiger partial charge in [0.25, 0.3) is 0 Å². The molecule has 2 aromatic rings. The zero-order chi connectivity index (χ0) is 13.9. The van der Waals surface area contributed by atoms with Gasteiger partial charge in [0, 0.05) is 11.8 Å². The minimum atomic E-state index is -0.862. The minimum absolute atomic E-state index is 0.0934. The number of benzene rings is 1. The quantitative estimate of drug-likeness (QED) is 0.669. The van der Waals surface area contributed by atoms with Crippen LogP contribution in [-0.4, -0.2) is 33.8 Å². The summed E-state index contributed by atoms with van der Waals surface area (Å²) in [5.41, 5.74) is 0.423. The number of fused-ring (bicyclic) bond motifs is 1. The molecule has 2 heterocycles. The monoisotopic (exact) mass is 275 g/mol. The van der Waals surface area contributed by atoms with Crippen LogP contribution in [0.3, 0.4) is 0 Å². The van der Waals surface area contributed by atoms with Gasteiger partial charge in [0.05, 0.1) is 0 Å². The Morgan fingerprint density at radius 2 is 1.95 bits per heavy atom. The molecule has 3 N–H and O–H groups in total. The number of anilines is 2. The van der Waals surface area contributed by atoms with E-state index in [0.717, 1.165) is 0 Å². The van der Waals surface area contributed by atoms with Crippen molar-refractivity contribution in [3.63, 3.8) is 0 Å². The molecule has 102 valence electrons. The number of nitrogens with zero attached hydrogens (tertiary/aromatic N) is 2. The molecule has 1 aromatic carbocycles. The molecule has 0 atom stereocenters. The third-order valence-electron chi connectivity index (χ3n) is 2.48. The lowest BCUT2D eigenvalue weighted by Gasteiger charge is -2.05. The Balaban J connectivity index is 1.65. The van der Waals surface area contributed by atoms with E-state index in [1.165, 1.54) is 6.33 Å². The second kappa shape index (κ2) is 4.88. The summed E-state index contributed by atoms with van der Waals surface area (Å²) >= 11 is 0. The molecule has 0 radical (unpaired) electrons. The Hall–Kier alpha value is -3.10. The average molecular weight is 275 g/mol. The van der Waals surface area contributed by atoms with Crippen LogP contribution in [0.2, 0.25) is 0 Å². The zero-order valence-electron chi connectivity index (χ0n) is 10.0. The topological polar surface area (TPSA) is 118 Å². The number of aromatic amines is 1. The van der Waals surface area contributed by atoms with Gasteiger partial charge in [-0.1, -0.05) is 0 Å². The SMILES string of the molecule is O=C(Nc1ccc2c(c1)OCO2)C(=O)Nc1ncn[nH]1. The first kappa shape index (κ1) is 12.0. The Morgan fingerprint density at radius 3 is 2.75 bits per heavy atom. The Bertz CT molecular complexity index is 655. The summed E-state index contributed by atoms with van der Waals surface area (Å²) in [6, 6.07) is 4.82. The van der Waals surface area contributed by atoms with E-state index in [9.17, 15) is 9.59 Å². The standard InChI is InChI=1S/C11H9N5O4/c17-9(10(18)15-11-12-4-13-16-11)14-6-1-2-7-8(3-6)20-5-19-7/h1-4H,5H2,(H,14,17)(H2,12,13,15,16,18). The normalized spacial score (nSPS) is 12.0. The van der Waals surface area contributed by atoms with E-state index in [-0.39, 0.29) is 12.7 Å². The Labute approximate surface area is 112 Å². The van der Waals surface area contributed by atoms with Crippen LogP contribution in [0.1, 0.15) is 0 Å². The number of amides is 2. The first-order valence-electron chi connectivity index (χ1n) is 5.60. The molecule has 0 unspecified atom stereocenters. The van der Waals surface area contributed by atoms with Crippen LogP contribution in [0.5, 0.6) is 11.5 Å². The van der Waals surface area contributed by atoms with Gasteiger partial charge in [-0.15, -0.1) is 0 Å². The molecule has 0 saturated heterocycles. The summed E-state index contributed by atoms with van der Waals surface area (Å²) in [7, 11) is 0. The van der Waals surface area contributed by atoms with Gasteiger partial charge in [-0.05, 0) is 12.1 Å². The Morgan fingerprint density at radius 1 is 1.15 bits per heavy atom. The maximum Gasteiger partial charge on any atom is 0.316 e.